The molecule has 4 nitrogen and oxygen atoms in total. The van der Waals surface area contributed by atoms with E-state index in [4.69, 9.17) is 4.98 Å². The van der Waals surface area contributed by atoms with Gasteiger partial charge in [0.05, 0.1) is 28.1 Å². The molecule has 0 aliphatic heterocycles. The number of hydrogen-bond donors (Lipinski definition) is 0. The summed E-state index contributed by atoms with van der Waals surface area (Å²) in [4.78, 5) is 17.7. The van der Waals surface area contributed by atoms with E-state index in [1.807, 2.05) is 6.07 Å². The standard InChI is InChI=1S/C28H29F2N3O/c1-5-16(2)13-23(34)17-10-12-31-24(14-17)28-11-9-19(27(28,3)4)18-15-22(32-33-26(18)28)25-20(29)7-6-8-21(25)30/h6-8,10,12,14-16,19H,5,9,11,13H2,1-4H3/t16-,19+,28+/m1/s1. The Morgan fingerprint density at radius 3 is 2.59 bits per heavy atom. The zero-order valence-electron chi connectivity index (χ0n) is 20.0. The zero-order valence-corrected chi connectivity index (χ0v) is 20.0. The highest BCUT2D eigenvalue weighted by atomic mass is 19.1. The van der Waals surface area contributed by atoms with E-state index in [-0.39, 0.29) is 28.4 Å². The second-order valence-corrected chi connectivity index (χ2v) is 10.4. The average molecular weight is 462 g/mol. The fraction of sp³-hybridized carbons (Fsp3) is 0.429. The van der Waals surface area contributed by atoms with Gasteiger partial charge in [0.1, 0.15) is 11.6 Å². The molecule has 1 fully saturated rings. The summed E-state index contributed by atoms with van der Waals surface area (Å²) in [5.74, 6) is -0.699. The highest BCUT2D eigenvalue weighted by Crippen LogP contribution is 2.69. The topological polar surface area (TPSA) is 55.7 Å². The van der Waals surface area contributed by atoms with Crippen molar-refractivity contribution in [1.29, 1.82) is 0 Å². The molecule has 2 aliphatic rings. The third kappa shape index (κ3) is 3.14. The van der Waals surface area contributed by atoms with Gasteiger partial charge in [0.15, 0.2) is 5.78 Å². The third-order valence-corrected chi connectivity index (χ3v) is 8.35. The number of ketones is 1. The van der Waals surface area contributed by atoms with Crippen molar-refractivity contribution in [2.45, 2.75) is 64.7 Å². The molecule has 2 aromatic heterocycles. The molecule has 2 aliphatic carbocycles. The van der Waals surface area contributed by atoms with E-state index in [1.54, 1.807) is 18.3 Å². The molecule has 0 amide bonds. The van der Waals surface area contributed by atoms with E-state index in [0.29, 0.717) is 17.9 Å². The largest absolute Gasteiger partial charge is 0.294 e. The van der Waals surface area contributed by atoms with Crippen LogP contribution in [0.1, 0.15) is 86.6 Å². The quantitative estimate of drug-likeness (QED) is 0.386. The van der Waals surface area contributed by atoms with Crippen LogP contribution in [0.15, 0.2) is 42.6 Å². The number of carbonyl (C=O) groups excluding carboxylic acids is 1. The molecule has 3 atom stereocenters. The maximum Gasteiger partial charge on any atom is 0.163 e. The first-order valence-corrected chi connectivity index (χ1v) is 12.0. The maximum absolute atomic E-state index is 14.5. The monoisotopic (exact) mass is 461 g/mol. The number of fused-ring (bicyclic) bond motifs is 5. The Hall–Kier alpha value is -3.02. The van der Waals surface area contributed by atoms with Gasteiger partial charge in [0, 0.05) is 18.2 Å². The summed E-state index contributed by atoms with van der Waals surface area (Å²) >= 11 is 0. The molecule has 2 heterocycles. The molecule has 176 valence electrons. The molecule has 6 heteroatoms. The summed E-state index contributed by atoms with van der Waals surface area (Å²) < 4.78 is 28.9. The van der Waals surface area contributed by atoms with Gasteiger partial charge in [0.25, 0.3) is 0 Å². The van der Waals surface area contributed by atoms with Crippen molar-refractivity contribution in [1.82, 2.24) is 15.2 Å². The van der Waals surface area contributed by atoms with Gasteiger partial charge in [-0.1, -0.05) is 40.2 Å². The summed E-state index contributed by atoms with van der Waals surface area (Å²) in [7, 11) is 0. The second-order valence-electron chi connectivity index (χ2n) is 10.4. The Bertz CT molecular complexity index is 1270. The summed E-state index contributed by atoms with van der Waals surface area (Å²) in [6.45, 7) is 8.57. The van der Waals surface area contributed by atoms with Gasteiger partial charge in [-0.15, -0.1) is 5.10 Å². The van der Waals surface area contributed by atoms with E-state index in [9.17, 15) is 13.6 Å². The lowest BCUT2D eigenvalue weighted by Gasteiger charge is -2.37. The number of rotatable bonds is 6. The Labute approximate surface area is 198 Å². The molecule has 1 saturated carbocycles. The molecule has 0 radical (unpaired) electrons. The summed E-state index contributed by atoms with van der Waals surface area (Å²) in [6.07, 6.45) is 4.93. The van der Waals surface area contributed by atoms with Crippen molar-refractivity contribution in [2.24, 2.45) is 11.3 Å². The van der Waals surface area contributed by atoms with Crippen LogP contribution in [0.25, 0.3) is 11.3 Å². The smallest absolute Gasteiger partial charge is 0.163 e. The number of nitrogens with zero attached hydrogens (tertiary/aromatic N) is 3. The first-order chi connectivity index (χ1) is 16.2. The van der Waals surface area contributed by atoms with Crippen LogP contribution in [0.4, 0.5) is 8.78 Å². The lowest BCUT2D eigenvalue weighted by molar-refractivity contribution is 0.0963. The molecule has 0 unspecified atom stereocenters. The van der Waals surface area contributed by atoms with Gasteiger partial charge in [-0.25, -0.2) is 8.78 Å². The number of carbonyl (C=O) groups is 1. The van der Waals surface area contributed by atoms with Crippen LogP contribution in [0.5, 0.6) is 0 Å². The lowest BCUT2D eigenvalue weighted by Crippen LogP contribution is -2.38. The molecule has 3 aromatic rings. The van der Waals surface area contributed by atoms with Crippen LogP contribution in [-0.4, -0.2) is 21.0 Å². The molecule has 0 spiro atoms. The van der Waals surface area contributed by atoms with Crippen LogP contribution < -0.4 is 0 Å². The number of benzene rings is 1. The van der Waals surface area contributed by atoms with E-state index in [1.165, 1.54) is 18.2 Å². The number of pyridine rings is 1. The van der Waals surface area contributed by atoms with Gasteiger partial charge in [-0.2, -0.15) is 5.10 Å². The first kappa shape index (κ1) is 22.8. The van der Waals surface area contributed by atoms with E-state index < -0.39 is 17.0 Å². The highest BCUT2D eigenvalue weighted by Gasteiger charge is 2.65. The SMILES string of the molecule is CC[C@@H](C)CC(=O)c1ccnc([C@@]23CC[C@@H](c4cc(-c5c(F)cccc5F)nnc42)C3(C)C)c1. The molecule has 1 aromatic carbocycles. The summed E-state index contributed by atoms with van der Waals surface area (Å²) in [6, 6.07) is 9.32. The summed E-state index contributed by atoms with van der Waals surface area (Å²) in [5, 5.41) is 8.85. The zero-order chi connectivity index (χ0) is 24.3. The van der Waals surface area contributed by atoms with Gasteiger partial charge < -0.3 is 0 Å². The molecule has 34 heavy (non-hydrogen) atoms. The van der Waals surface area contributed by atoms with Gasteiger partial charge in [0.2, 0.25) is 0 Å². The van der Waals surface area contributed by atoms with Crippen LogP contribution in [0, 0.1) is 23.0 Å². The lowest BCUT2D eigenvalue weighted by atomic mass is 9.66. The van der Waals surface area contributed by atoms with Crippen LogP contribution >= 0.6 is 0 Å². The minimum Gasteiger partial charge on any atom is -0.294 e. The fourth-order valence-electron chi connectivity index (χ4n) is 6.17. The van der Waals surface area contributed by atoms with Crippen LogP contribution in [0.3, 0.4) is 0 Å². The van der Waals surface area contributed by atoms with Crippen molar-refractivity contribution in [3.63, 3.8) is 0 Å². The van der Waals surface area contributed by atoms with Gasteiger partial charge in [-0.05, 0) is 66.0 Å². The predicted molar refractivity (Wildman–Crippen MR) is 127 cm³/mol. The highest BCUT2D eigenvalue weighted by molar-refractivity contribution is 5.96. The van der Waals surface area contributed by atoms with Gasteiger partial charge in [-0.3, -0.25) is 9.78 Å². The molecule has 0 N–H and O–H groups in total. The normalized spacial score (nSPS) is 23.1. The number of hydrogen-bond acceptors (Lipinski definition) is 4. The molecular weight excluding hydrogens is 432 g/mol. The first-order valence-electron chi connectivity index (χ1n) is 12.0. The number of Topliss-reactive ketones (excluding diaryl/α,β-unsaturated/α-hetero) is 1. The molecule has 0 saturated heterocycles. The van der Waals surface area contributed by atoms with Crippen molar-refractivity contribution >= 4 is 5.78 Å². The van der Waals surface area contributed by atoms with E-state index in [0.717, 1.165) is 36.2 Å². The minimum atomic E-state index is -0.652. The third-order valence-electron chi connectivity index (χ3n) is 8.35. The Balaban J connectivity index is 1.62. The molecular formula is C28H29F2N3O. The van der Waals surface area contributed by atoms with Crippen molar-refractivity contribution in [3.8, 4) is 11.3 Å². The minimum absolute atomic E-state index is 0.122. The maximum atomic E-state index is 14.5. The van der Waals surface area contributed by atoms with Crippen molar-refractivity contribution in [2.75, 3.05) is 0 Å². The van der Waals surface area contributed by atoms with Crippen molar-refractivity contribution in [3.05, 3.63) is 76.7 Å². The van der Waals surface area contributed by atoms with Gasteiger partial charge >= 0.3 is 0 Å². The van der Waals surface area contributed by atoms with E-state index >= 15 is 0 Å². The second kappa shape index (κ2) is 8.03. The van der Waals surface area contributed by atoms with Crippen LogP contribution in [-0.2, 0) is 5.41 Å². The van der Waals surface area contributed by atoms with E-state index in [2.05, 4.69) is 37.9 Å². The summed E-state index contributed by atoms with van der Waals surface area (Å²) in [5.41, 5.74) is 2.61. The fourth-order valence-corrected chi connectivity index (χ4v) is 6.17. The average Bonchev–Trinajstić information content (AvgIpc) is 3.20. The van der Waals surface area contributed by atoms with Crippen molar-refractivity contribution < 1.29 is 13.6 Å². The number of halogens is 2. The Morgan fingerprint density at radius 1 is 1.15 bits per heavy atom. The number of aromatic nitrogens is 3. The Kier molecular flexibility index (Phi) is 5.38. The predicted octanol–water partition coefficient (Wildman–Crippen LogP) is 6.64. The molecule has 2 bridgehead atoms. The Morgan fingerprint density at radius 2 is 1.88 bits per heavy atom. The molecule has 5 rings (SSSR count). The van der Waals surface area contributed by atoms with Crippen LogP contribution in [0.2, 0.25) is 0 Å².